The van der Waals surface area contributed by atoms with Gasteiger partial charge in [-0.2, -0.15) is 0 Å². The van der Waals surface area contributed by atoms with Gasteiger partial charge in [0.05, 0.1) is 6.54 Å². The molecule has 0 saturated carbocycles. The monoisotopic (exact) mass is 289 g/mol. The molecular formula is C11H16BrNOS. The van der Waals surface area contributed by atoms with Gasteiger partial charge in [0.25, 0.3) is 0 Å². The molecule has 1 aromatic heterocycles. The maximum Gasteiger partial charge on any atom is 0.228 e. The lowest BCUT2D eigenvalue weighted by Crippen LogP contribution is -2.35. The first-order chi connectivity index (χ1) is 6.80. The van der Waals surface area contributed by atoms with E-state index in [2.05, 4.69) is 22.0 Å². The van der Waals surface area contributed by atoms with Crippen molar-refractivity contribution in [2.75, 3.05) is 7.05 Å². The Labute approximate surface area is 103 Å². The molecule has 1 rings (SSSR count). The molecule has 0 N–H and O–H groups in total. The fraction of sp³-hybridized carbons (Fsp3) is 0.545. The van der Waals surface area contributed by atoms with Crippen molar-refractivity contribution in [1.29, 1.82) is 0 Å². The highest BCUT2D eigenvalue weighted by Crippen LogP contribution is 2.23. The Morgan fingerprint density at radius 1 is 1.53 bits per heavy atom. The number of nitrogens with zero attached hydrogens (tertiary/aromatic N) is 1. The fourth-order valence-corrected chi connectivity index (χ4v) is 2.82. The minimum absolute atomic E-state index is 0.173. The molecule has 0 spiro atoms. The molecule has 2 nitrogen and oxygen atoms in total. The third-order valence-corrected chi connectivity index (χ3v) is 3.69. The predicted octanol–water partition coefficient (Wildman–Crippen LogP) is 3.52. The molecule has 0 radical (unpaired) electrons. The SMILES string of the molecule is CN(Cc1cc(Br)cs1)C(=O)C(C)(C)C. The van der Waals surface area contributed by atoms with E-state index in [9.17, 15) is 4.79 Å². The van der Waals surface area contributed by atoms with Crippen molar-refractivity contribution in [3.05, 3.63) is 20.8 Å². The van der Waals surface area contributed by atoms with E-state index in [1.807, 2.05) is 33.2 Å². The first-order valence-electron chi connectivity index (χ1n) is 4.79. The molecule has 0 fully saturated rings. The van der Waals surface area contributed by atoms with Crippen molar-refractivity contribution in [3.8, 4) is 0 Å². The second-order valence-electron chi connectivity index (χ2n) is 4.64. The van der Waals surface area contributed by atoms with Gasteiger partial charge < -0.3 is 4.90 Å². The number of carbonyl (C=O) groups is 1. The largest absolute Gasteiger partial charge is 0.340 e. The second-order valence-corrected chi connectivity index (χ2v) is 6.55. The summed E-state index contributed by atoms with van der Waals surface area (Å²) in [5, 5.41) is 2.03. The summed E-state index contributed by atoms with van der Waals surface area (Å²) in [7, 11) is 1.85. The smallest absolute Gasteiger partial charge is 0.228 e. The lowest BCUT2D eigenvalue weighted by molar-refractivity contribution is -0.138. The third kappa shape index (κ3) is 3.61. The predicted molar refractivity (Wildman–Crippen MR) is 67.9 cm³/mol. The Bertz CT molecular complexity index is 354. The summed E-state index contributed by atoms with van der Waals surface area (Å²) in [5.74, 6) is 0.173. The Kier molecular flexibility index (Phi) is 3.95. The zero-order valence-corrected chi connectivity index (χ0v) is 11.9. The fourth-order valence-electron chi connectivity index (χ4n) is 1.31. The van der Waals surface area contributed by atoms with Crippen molar-refractivity contribution in [2.45, 2.75) is 27.3 Å². The first-order valence-corrected chi connectivity index (χ1v) is 6.46. The quantitative estimate of drug-likeness (QED) is 0.816. The second kappa shape index (κ2) is 4.66. The summed E-state index contributed by atoms with van der Waals surface area (Å²) >= 11 is 5.07. The van der Waals surface area contributed by atoms with E-state index in [0.717, 1.165) is 4.47 Å². The molecule has 1 aromatic rings. The van der Waals surface area contributed by atoms with Crippen LogP contribution in [-0.4, -0.2) is 17.9 Å². The molecule has 0 bridgehead atoms. The van der Waals surface area contributed by atoms with Crippen LogP contribution in [0.25, 0.3) is 0 Å². The Balaban J connectivity index is 2.64. The van der Waals surface area contributed by atoms with Gasteiger partial charge in [-0.15, -0.1) is 11.3 Å². The molecule has 0 unspecified atom stereocenters. The molecule has 15 heavy (non-hydrogen) atoms. The van der Waals surface area contributed by atoms with E-state index < -0.39 is 0 Å². The van der Waals surface area contributed by atoms with Crippen molar-refractivity contribution in [2.24, 2.45) is 5.41 Å². The number of rotatable bonds is 2. The van der Waals surface area contributed by atoms with E-state index in [4.69, 9.17) is 0 Å². The van der Waals surface area contributed by atoms with Crippen LogP contribution in [0.1, 0.15) is 25.6 Å². The van der Waals surface area contributed by atoms with E-state index in [1.165, 1.54) is 4.88 Å². The average molecular weight is 290 g/mol. The van der Waals surface area contributed by atoms with Gasteiger partial charge in [0.15, 0.2) is 0 Å². The Hall–Kier alpha value is -0.350. The highest BCUT2D eigenvalue weighted by molar-refractivity contribution is 9.10. The molecule has 0 aliphatic rings. The van der Waals surface area contributed by atoms with Crippen molar-refractivity contribution >= 4 is 33.2 Å². The van der Waals surface area contributed by atoms with Gasteiger partial charge in [-0.1, -0.05) is 20.8 Å². The zero-order valence-electron chi connectivity index (χ0n) is 9.50. The number of hydrogen-bond donors (Lipinski definition) is 0. The van der Waals surface area contributed by atoms with Crippen LogP contribution in [0.5, 0.6) is 0 Å². The Morgan fingerprint density at radius 3 is 2.53 bits per heavy atom. The summed E-state index contributed by atoms with van der Waals surface area (Å²) in [6, 6.07) is 2.05. The van der Waals surface area contributed by atoms with Crippen LogP contribution in [-0.2, 0) is 11.3 Å². The third-order valence-electron chi connectivity index (χ3n) is 2.00. The molecular weight excluding hydrogens is 274 g/mol. The normalized spacial score (nSPS) is 11.5. The highest BCUT2D eigenvalue weighted by atomic mass is 79.9. The van der Waals surface area contributed by atoms with E-state index in [0.29, 0.717) is 6.54 Å². The van der Waals surface area contributed by atoms with Gasteiger partial charge in [0.1, 0.15) is 0 Å². The van der Waals surface area contributed by atoms with Gasteiger partial charge in [0.2, 0.25) is 5.91 Å². The molecule has 4 heteroatoms. The summed E-state index contributed by atoms with van der Waals surface area (Å²) in [6.07, 6.45) is 0. The average Bonchev–Trinajstić information content (AvgIpc) is 2.48. The molecule has 1 heterocycles. The van der Waals surface area contributed by atoms with Gasteiger partial charge in [0, 0.05) is 27.2 Å². The van der Waals surface area contributed by atoms with Crippen LogP contribution in [0.2, 0.25) is 0 Å². The minimum atomic E-state index is -0.302. The highest BCUT2D eigenvalue weighted by Gasteiger charge is 2.24. The summed E-state index contributed by atoms with van der Waals surface area (Å²) in [5.41, 5.74) is -0.302. The standard InChI is InChI=1S/C11H16BrNOS/c1-11(2,3)10(14)13(4)6-9-5-8(12)7-15-9/h5,7H,6H2,1-4H3. The molecule has 0 aliphatic heterocycles. The maximum atomic E-state index is 11.9. The molecule has 0 aromatic carbocycles. The number of amides is 1. The van der Waals surface area contributed by atoms with Crippen molar-refractivity contribution in [1.82, 2.24) is 4.90 Å². The molecule has 1 amide bonds. The van der Waals surface area contributed by atoms with Crippen molar-refractivity contribution < 1.29 is 4.79 Å². The maximum absolute atomic E-state index is 11.9. The van der Waals surface area contributed by atoms with Crippen LogP contribution < -0.4 is 0 Å². The molecule has 0 atom stereocenters. The van der Waals surface area contributed by atoms with Crippen LogP contribution >= 0.6 is 27.3 Å². The zero-order chi connectivity index (χ0) is 11.6. The van der Waals surface area contributed by atoms with Gasteiger partial charge in [-0.3, -0.25) is 4.79 Å². The molecule has 0 saturated heterocycles. The number of thiophene rings is 1. The van der Waals surface area contributed by atoms with Gasteiger partial charge >= 0.3 is 0 Å². The summed E-state index contributed by atoms with van der Waals surface area (Å²) in [6.45, 7) is 6.51. The molecule has 0 aliphatic carbocycles. The van der Waals surface area contributed by atoms with Gasteiger partial charge in [-0.25, -0.2) is 0 Å². The summed E-state index contributed by atoms with van der Waals surface area (Å²) in [4.78, 5) is 14.9. The van der Waals surface area contributed by atoms with Crippen LogP contribution in [0.3, 0.4) is 0 Å². The van der Waals surface area contributed by atoms with Crippen molar-refractivity contribution in [3.63, 3.8) is 0 Å². The van der Waals surface area contributed by atoms with Crippen LogP contribution in [0.4, 0.5) is 0 Å². The lowest BCUT2D eigenvalue weighted by Gasteiger charge is -2.25. The Morgan fingerprint density at radius 2 is 2.13 bits per heavy atom. The lowest BCUT2D eigenvalue weighted by atomic mass is 9.95. The van der Waals surface area contributed by atoms with Crippen LogP contribution in [0, 0.1) is 5.41 Å². The topological polar surface area (TPSA) is 20.3 Å². The van der Waals surface area contributed by atoms with E-state index in [1.54, 1.807) is 16.2 Å². The van der Waals surface area contributed by atoms with Gasteiger partial charge in [-0.05, 0) is 22.0 Å². The minimum Gasteiger partial charge on any atom is -0.340 e. The molecule has 84 valence electrons. The number of carbonyl (C=O) groups excluding carboxylic acids is 1. The van der Waals surface area contributed by atoms with Crippen LogP contribution in [0.15, 0.2) is 15.9 Å². The van der Waals surface area contributed by atoms with E-state index >= 15 is 0 Å². The number of hydrogen-bond acceptors (Lipinski definition) is 2. The number of halogens is 1. The summed E-state index contributed by atoms with van der Waals surface area (Å²) < 4.78 is 1.08. The van der Waals surface area contributed by atoms with E-state index in [-0.39, 0.29) is 11.3 Å². The first kappa shape index (κ1) is 12.7.